The fourth-order valence-electron chi connectivity index (χ4n) is 2.88. The largest absolute Gasteiger partial charge is 0.339 e. The summed E-state index contributed by atoms with van der Waals surface area (Å²) in [7, 11) is 0. The molecule has 1 aliphatic heterocycles. The highest BCUT2D eigenvalue weighted by Gasteiger charge is 2.28. The molecule has 4 heteroatoms. The van der Waals surface area contributed by atoms with Gasteiger partial charge in [0.2, 0.25) is 0 Å². The number of carbonyl (C=O) groups excluding carboxylic acids is 1. The van der Waals surface area contributed by atoms with Gasteiger partial charge in [-0.1, -0.05) is 13.8 Å². The van der Waals surface area contributed by atoms with E-state index in [2.05, 4.69) is 39.7 Å². The van der Waals surface area contributed by atoms with Crippen LogP contribution in [-0.4, -0.2) is 33.7 Å². The van der Waals surface area contributed by atoms with Crippen LogP contribution in [0.3, 0.4) is 0 Å². The number of carbonyl (C=O) groups is 1. The summed E-state index contributed by atoms with van der Waals surface area (Å²) in [4.78, 5) is 14.7. The van der Waals surface area contributed by atoms with Crippen molar-refractivity contribution in [3.05, 3.63) is 17.5 Å². The lowest BCUT2D eigenvalue weighted by molar-refractivity contribution is 0.0722. The zero-order chi connectivity index (χ0) is 14.9. The predicted octanol–water partition coefficient (Wildman–Crippen LogP) is 3.39. The number of piperidine rings is 1. The summed E-state index contributed by atoms with van der Waals surface area (Å²) in [5, 5.41) is 4.49. The van der Waals surface area contributed by atoms with Crippen molar-refractivity contribution in [2.75, 3.05) is 13.1 Å². The minimum Gasteiger partial charge on any atom is -0.339 e. The van der Waals surface area contributed by atoms with Gasteiger partial charge >= 0.3 is 0 Å². The Morgan fingerprint density at radius 1 is 1.20 bits per heavy atom. The van der Waals surface area contributed by atoms with E-state index < -0.39 is 0 Å². The molecule has 0 aromatic carbocycles. The molecule has 1 fully saturated rings. The van der Waals surface area contributed by atoms with Gasteiger partial charge in [0.1, 0.15) is 0 Å². The molecular weight excluding hydrogens is 250 g/mol. The van der Waals surface area contributed by atoms with Gasteiger partial charge in [0.25, 0.3) is 5.91 Å². The second-order valence-electron chi connectivity index (χ2n) is 7.03. The lowest BCUT2D eigenvalue weighted by Gasteiger charge is -2.28. The zero-order valence-electron chi connectivity index (χ0n) is 13.4. The Morgan fingerprint density at radius 3 is 2.30 bits per heavy atom. The third kappa shape index (κ3) is 2.89. The summed E-state index contributed by atoms with van der Waals surface area (Å²) in [5.74, 6) is 0.448. The Balaban J connectivity index is 2.36. The van der Waals surface area contributed by atoms with Crippen molar-refractivity contribution in [1.29, 1.82) is 0 Å². The summed E-state index contributed by atoms with van der Waals surface area (Å²) in [6.07, 6.45) is 5.24. The molecule has 20 heavy (non-hydrogen) atoms. The topological polar surface area (TPSA) is 38.1 Å². The van der Waals surface area contributed by atoms with E-state index in [0.29, 0.717) is 5.92 Å². The zero-order valence-corrected chi connectivity index (χ0v) is 13.4. The highest BCUT2D eigenvalue weighted by molar-refractivity contribution is 5.95. The van der Waals surface area contributed by atoms with Gasteiger partial charge in [-0.15, -0.1) is 0 Å². The number of aromatic nitrogens is 2. The van der Waals surface area contributed by atoms with Crippen molar-refractivity contribution in [1.82, 2.24) is 14.7 Å². The van der Waals surface area contributed by atoms with Gasteiger partial charge in [0.15, 0.2) is 0 Å². The highest BCUT2D eigenvalue weighted by Crippen LogP contribution is 2.27. The number of amides is 1. The minimum atomic E-state index is -0.0972. The Bertz CT molecular complexity index is 476. The Labute approximate surface area is 122 Å². The maximum absolute atomic E-state index is 12.7. The van der Waals surface area contributed by atoms with Crippen LogP contribution in [0.2, 0.25) is 0 Å². The molecule has 1 amide bonds. The van der Waals surface area contributed by atoms with Crippen LogP contribution >= 0.6 is 0 Å². The summed E-state index contributed by atoms with van der Waals surface area (Å²) in [5.41, 5.74) is 1.75. The molecule has 0 saturated carbocycles. The van der Waals surface area contributed by atoms with Crippen molar-refractivity contribution in [3.8, 4) is 0 Å². The van der Waals surface area contributed by atoms with Crippen LogP contribution in [0.1, 0.15) is 75.9 Å². The molecule has 2 rings (SSSR count). The van der Waals surface area contributed by atoms with Gasteiger partial charge in [-0.3, -0.25) is 9.48 Å². The second kappa shape index (κ2) is 5.58. The predicted molar refractivity (Wildman–Crippen MR) is 81.1 cm³/mol. The Kier molecular flexibility index (Phi) is 4.21. The van der Waals surface area contributed by atoms with Gasteiger partial charge in [0.05, 0.1) is 23.0 Å². The molecule has 1 saturated heterocycles. The lowest BCUT2D eigenvalue weighted by Crippen LogP contribution is -2.36. The van der Waals surface area contributed by atoms with Crippen LogP contribution in [0, 0.1) is 0 Å². The lowest BCUT2D eigenvalue weighted by atomic mass is 10.0. The van der Waals surface area contributed by atoms with Crippen LogP contribution in [0.4, 0.5) is 0 Å². The summed E-state index contributed by atoms with van der Waals surface area (Å²) >= 11 is 0. The molecule has 0 unspecified atom stereocenters. The molecule has 2 heterocycles. The monoisotopic (exact) mass is 277 g/mol. The fourth-order valence-corrected chi connectivity index (χ4v) is 2.88. The average Bonchev–Trinajstić information content (AvgIpc) is 2.83. The van der Waals surface area contributed by atoms with E-state index in [9.17, 15) is 4.79 Å². The fraction of sp³-hybridized carbons (Fsp3) is 0.750. The van der Waals surface area contributed by atoms with Crippen LogP contribution in [-0.2, 0) is 5.54 Å². The molecule has 0 atom stereocenters. The summed E-state index contributed by atoms with van der Waals surface area (Å²) in [6.45, 7) is 12.4. The van der Waals surface area contributed by atoms with Crippen LogP contribution in [0.15, 0.2) is 6.20 Å². The number of hydrogen-bond donors (Lipinski definition) is 0. The minimum absolute atomic E-state index is 0.0972. The van der Waals surface area contributed by atoms with E-state index in [1.807, 2.05) is 9.58 Å². The molecule has 0 N–H and O–H groups in total. The van der Waals surface area contributed by atoms with E-state index >= 15 is 0 Å². The third-order valence-corrected chi connectivity index (χ3v) is 3.86. The normalized spacial score (nSPS) is 16.8. The van der Waals surface area contributed by atoms with Crippen LogP contribution < -0.4 is 0 Å². The Morgan fingerprint density at radius 2 is 1.80 bits per heavy atom. The maximum atomic E-state index is 12.7. The van der Waals surface area contributed by atoms with E-state index in [0.717, 1.165) is 37.2 Å². The van der Waals surface area contributed by atoms with Crippen molar-refractivity contribution in [2.24, 2.45) is 0 Å². The van der Waals surface area contributed by atoms with Gasteiger partial charge in [0, 0.05) is 13.1 Å². The highest BCUT2D eigenvalue weighted by atomic mass is 16.2. The molecule has 0 spiro atoms. The smallest absolute Gasteiger partial charge is 0.257 e. The van der Waals surface area contributed by atoms with E-state index in [1.54, 1.807) is 6.20 Å². The number of likely N-dealkylation sites (tertiary alicyclic amines) is 1. The van der Waals surface area contributed by atoms with Crippen molar-refractivity contribution in [3.63, 3.8) is 0 Å². The van der Waals surface area contributed by atoms with Gasteiger partial charge < -0.3 is 4.90 Å². The van der Waals surface area contributed by atoms with E-state index in [4.69, 9.17) is 0 Å². The average molecular weight is 277 g/mol. The molecule has 1 aromatic heterocycles. The van der Waals surface area contributed by atoms with Crippen molar-refractivity contribution in [2.45, 2.75) is 65.3 Å². The number of rotatable bonds is 2. The quantitative estimate of drug-likeness (QED) is 0.831. The Hall–Kier alpha value is -1.32. The maximum Gasteiger partial charge on any atom is 0.257 e. The second-order valence-corrected chi connectivity index (χ2v) is 7.03. The first-order valence-corrected chi connectivity index (χ1v) is 7.70. The third-order valence-electron chi connectivity index (χ3n) is 3.86. The molecule has 4 nitrogen and oxygen atoms in total. The molecule has 112 valence electrons. The van der Waals surface area contributed by atoms with Gasteiger partial charge in [-0.2, -0.15) is 5.10 Å². The van der Waals surface area contributed by atoms with Crippen LogP contribution in [0.5, 0.6) is 0 Å². The number of hydrogen-bond acceptors (Lipinski definition) is 2. The first kappa shape index (κ1) is 15.1. The van der Waals surface area contributed by atoms with E-state index in [1.165, 1.54) is 6.42 Å². The molecule has 1 aliphatic rings. The van der Waals surface area contributed by atoms with Crippen molar-refractivity contribution >= 4 is 5.91 Å². The number of nitrogens with zero attached hydrogens (tertiary/aromatic N) is 3. The van der Waals surface area contributed by atoms with E-state index in [-0.39, 0.29) is 11.4 Å². The molecule has 1 aromatic rings. The summed E-state index contributed by atoms with van der Waals surface area (Å²) < 4.78 is 2.01. The molecule has 0 bridgehead atoms. The molecular formula is C16H27N3O. The van der Waals surface area contributed by atoms with Crippen molar-refractivity contribution < 1.29 is 4.79 Å². The van der Waals surface area contributed by atoms with Crippen LogP contribution in [0.25, 0.3) is 0 Å². The first-order chi connectivity index (χ1) is 9.32. The summed E-state index contributed by atoms with van der Waals surface area (Å²) in [6, 6.07) is 0. The van der Waals surface area contributed by atoms with Gasteiger partial charge in [-0.25, -0.2) is 0 Å². The molecule has 0 aliphatic carbocycles. The SMILES string of the molecule is CC(C)c1c(C(=O)N2CCCCC2)cnn1C(C)(C)C. The first-order valence-electron chi connectivity index (χ1n) is 7.70. The standard InChI is InChI=1S/C16H27N3O/c1-12(2)14-13(11-17-19(14)16(3,4)5)15(20)18-9-7-6-8-10-18/h11-12H,6-10H2,1-5H3. The molecule has 0 radical (unpaired) electrons. The van der Waals surface area contributed by atoms with Gasteiger partial charge in [-0.05, 0) is 46.0 Å².